The molecule has 2 saturated heterocycles. The van der Waals surface area contributed by atoms with Gasteiger partial charge in [-0.05, 0) is 39.8 Å². The molecule has 2 fully saturated rings. The maximum atomic E-state index is 12.8. The molecule has 1 amide bonds. The third-order valence-electron chi connectivity index (χ3n) is 6.27. The fraction of sp³-hybridized carbons (Fsp3) is 0.545. The van der Waals surface area contributed by atoms with Gasteiger partial charge >= 0.3 is 6.09 Å². The second kappa shape index (κ2) is 7.41. The van der Waals surface area contributed by atoms with Gasteiger partial charge in [0, 0.05) is 44.6 Å². The van der Waals surface area contributed by atoms with E-state index < -0.39 is 5.60 Å². The van der Waals surface area contributed by atoms with Crippen LogP contribution in [-0.2, 0) is 11.8 Å². The van der Waals surface area contributed by atoms with Gasteiger partial charge in [0.05, 0.1) is 11.2 Å². The molecule has 31 heavy (non-hydrogen) atoms. The standard InChI is InChI=1S/C22H26ClN5O3/c1-12-15-11-27(9-13(15)10-28(12)21(30)31-22(2,3)4)19-14(8-24)20(29)26(5)16-6-7-17(23)25-18(16)19/h6-7,12-13,15H,9-11H2,1-5H3/t12-,13+,15-/m1/s1. The number of fused-ring (bicyclic) bond motifs is 2. The summed E-state index contributed by atoms with van der Waals surface area (Å²) in [5.74, 6) is 0.421. The van der Waals surface area contributed by atoms with Crippen molar-refractivity contribution in [3.8, 4) is 6.07 Å². The molecule has 3 atom stereocenters. The number of ether oxygens (including phenoxy) is 1. The molecular formula is C22H26ClN5O3. The van der Waals surface area contributed by atoms with Crippen molar-refractivity contribution in [2.75, 3.05) is 24.5 Å². The van der Waals surface area contributed by atoms with Crippen LogP contribution in [0.5, 0.6) is 0 Å². The Kier molecular flexibility index (Phi) is 5.13. The summed E-state index contributed by atoms with van der Waals surface area (Å²) in [6, 6.07) is 5.46. The SMILES string of the molecule is C[C@@H]1[C@H]2CN(c3c(C#N)c(=O)n(C)c4ccc(Cl)nc34)C[C@H]2CN1C(=O)OC(C)(C)C. The zero-order chi connectivity index (χ0) is 22.7. The van der Waals surface area contributed by atoms with Crippen LogP contribution in [-0.4, -0.2) is 51.8 Å². The summed E-state index contributed by atoms with van der Waals surface area (Å²) in [5.41, 5.74) is 0.882. The molecule has 0 bridgehead atoms. The van der Waals surface area contributed by atoms with E-state index in [-0.39, 0.29) is 35.1 Å². The number of carbonyl (C=O) groups is 1. The highest BCUT2D eigenvalue weighted by Gasteiger charge is 2.48. The van der Waals surface area contributed by atoms with E-state index in [0.717, 1.165) is 0 Å². The van der Waals surface area contributed by atoms with E-state index in [2.05, 4.69) is 16.0 Å². The Morgan fingerprint density at radius 2 is 2.00 bits per heavy atom. The zero-order valence-corrected chi connectivity index (χ0v) is 19.1. The van der Waals surface area contributed by atoms with Crippen LogP contribution in [0.2, 0.25) is 5.15 Å². The van der Waals surface area contributed by atoms with Gasteiger partial charge in [0.1, 0.15) is 27.9 Å². The van der Waals surface area contributed by atoms with Gasteiger partial charge < -0.3 is 19.1 Å². The number of nitrogens with zero attached hydrogens (tertiary/aromatic N) is 5. The fourth-order valence-corrected chi connectivity index (χ4v) is 4.96. The van der Waals surface area contributed by atoms with Crippen molar-refractivity contribution >= 4 is 34.4 Å². The number of hydrogen-bond donors (Lipinski definition) is 0. The quantitative estimate of drug-likeness (QED) is 0.629. The molecule has 0 saturated carbocycles. The van der Waals surface area contributed by atoms with E-state index in [1.165, 1.54) is 4.57 Å². The van der Waals surface area contributed by atoms with Crippen LogP contribution >= 0.6 is 11.6 Å². The molecule has 2 aliphatic rings. The Balaban J connectivity index is 1.69. The lowest BCUT2D eigenvalue weighted by Gasteiger charge is -2.30. The molecule has 0 unspecified atom stereocenters. The molecule has 0 N–H and O–H groups in total. The molecule has 2 aromatic rings. The van der Waals surface area contributed by atoms with Gasteiger partial charge in [0.2, 0.25) is 0 Å². The molecule has 0 spiro atoms. The lowest BCUT2D eigenvalue weighted by molar-refractivity contribution is 0.0219. The minimum atomic E-state index is -0.545. The number of aryl methyl sites for hydroxylation is 1. The molecule has 8 nitrogen and oxygen atoms in total. The molecule has 2 aromatic heterocycles. The predicted molar refractivity (Wildman–Crippen MR) is 118 cm³/mol. The molecule has 0 aromatic carbocycles. The summed E-state index contributed by atoms with van der Waals surface area (Å²) < 4.78 is 7.00. The van der Waals surface area contributed by atoms with Crippen molar-refractivity contribution < 1.29 is 9.53 Å². The number of halogens is 1. The molecule has 0 aliphatic carbocycles. The van der Waals surface area contributed by atoms with Gasteiger partial charge in [0.15, 0.2) is 0 Å². The summed E-state index contributed by atoms with van der Waals surface area (Å²) in [4.78, 5) is 33.8. The van der Waals surface area contributed by atoms with Crippen molar-refractivity contribution in [3.63, 3.8) is 0 Å². The maximum absolute atomic E-state index is 12.8. The van der Waals surface area contributed by atoms with Gasteiger partial charge in [-0.15, -0.1) is 0 Å². The molecule has 164 valence electrons. The Morgan fingerprint density at radius 3 is 2.61 bits per heavy atom. The third kappa shape index (κ3) is 3.61. The number of aromatic nitrogens is 2. The van der Waals surface area contributed by atoms with Crippen LogP contribution in [0.15, 0.2) is 16.9 Å². The average Bonchev–Trinajstić information content (AvgIpc) is 3.22. The van der Waals surface area contributed by atoms with E-state index in [1.807, 2.05) is 27.7 Å². The summed E-state index contributed by atoms with van der Waals surface area (Å²) in [6.45, 7) is 9.43. The number of hydrogen-bond acceptors (Lipinski definition) is 6. The molecular weight excluding hydrogens is 418 g/mol. The summed E-state index contributed by atoms with van der Waals surface area (Å²) in [7, 11) is 1.63. The van der Waals surface area contributed by atoms with Crippen LogP contribution in [0, 0.1) is 23.2 Å². The van der Waals surface area contributed by atoms with Crippen LogP contribution < -0.4 is 10.5 Å². The normalized spacial score (nSPS) is 23.2. The number of anilines is 1. The first kappa shape index (κ1) is 21.4. The number of nitriles is 1. The topological polar surface area (TPSA) is 91.5 Å². The van der Waals surface area contributed by atoms with Crippen LogP contribution in [0.3, 0.4) is 0 Å². The highest BCUT2D eigenvalue weighted by molar-refractivity contribution is 6.29. The number of likely N-dealkylation sites (tertiary alicyclic amines) is 1. The van der Waals surface area contributed by atoms with Gasteiger partial charge in [0.25, 0.3) is 5.56 Å². The van der Waals surface area contributed by atoms with Gasteiger partial charge in [-0.2, -0.15) is 5.26 Å². The number of amides is 1. The van der Waals surface area contributed by atoms with E-state index in [4.69, 9.17) is 16.3 Å². The van der Waals surface area contributed by atoms with E-state index in [0.29, 0.717) is 41.5 Å². The predicted octanol–water partition coefficient (Wildman–Crippen LogP) is 3.15. The zero-order valence-electron chi connectivity index (χ0n) is 18.3. The molecule has 4 rings (SSSR count). The Labute approximate surface area is 186 Å². The Hall–Kier alpha value is -2.79. The molecule has 9 heteroatoms. The number of pyridine rings is 2. The highest BCUT2D eigenvalue weighted by Crippen LogP contribution is 2.40. The first-order valence-electron chi connectivity index (χ1n) is 10.4. The summed E-state index contributed by atoms with van der Waals surface area (Å²) in [6.07, 6.45) is -0.300. The lowest BCUT2D eigenvalue weighted by atomic mass is 9.95. The monoisotopic (exact) mass is 443 g/mol. The first-order valence-corrected chi connectivity index (χ1v) is 10.7. The van der Waals surface area contributed by atoms with Crippen molar-refractivity contribution in [2.24, 2.45) is 18.9 Å². The van der Waals surface area contributed by atoms with Crippen molar-refractivity contribution in [1.82, 2.24) is 14.5 Å². The fourth-order valence-electron chi connectivity index (χ4n) is 4.81. The van der Waals surface area contributed by atoms with Gasteiger partial charge in [-0.1, -0.05) is 11.6 Å². The molecule has 4 heterocycles. The maximum Gasteiger partial charge on any atom is 0.410 e. The van der Waals surface area contributed by atoms with Gasteiger partial charge in [-0.25, -0.2) is 9.78 Å². The Bertz CT molecular complexity index is 1160. The van der Waals surface area contributed by atoms with E-state index >= 15 is 0 Å². The van der Waals surface area contributed by atoms with Crippen LogP contribution in [0.25, 0.3) is 11.0 Å². The molecule has 0 radical (unpaired) electrons. The number of carbonyl (C=O) groups excluding carboxylic acids is 1. The third-order valence-corrected chi connectivity index (χ3v) is 6.48. The summed E-state index contributed by atoms with van der Waals surface area (Å²) in [5, 5.41) is 10.1. The summed E-state index contributed by atoms with van der Waals surface area (Å²) >= 11 is 6.15. The minimum Gasteiger partial charge on any atom is -0.444 e. The number of rotatable bonds is 1. The van der Waals surface area contributed by atoms with E-state index in [1.54, 1.807) is 24.1 Å². The minimum absolute atomic E-state index is 0.00950. The van der Waals surface area contributed by atoms with Crippen LogP contribution in [0.4, 0.5) is 10.5 Å². The lowest BCUT2D eigenvalue weighted by Crippen LogP contribution is -2.42. The van der Waals surface area contributed by atoms with Gasteiger partial charge in [-0.3, -0.25) is 4.79 Å². The Morgan fingerprint density at radius 1 is 1.29 bits per heavy atom. The smallest absolute Gasteiger partial charge is 0.410 e. The first-order chi connectivity index (χ1) is 14.5. The second-order valence-electron chi connectivity index (χ2n) is 9.40. The van der Waals surface area contributed by atoms with E-state index in [9.17, 15) is 14.9 Å². The average molecular weight is 444 g/mol. The largest absolute Gasteiger partial charge is 0.444 e. The highest BCUT2D eigenvalue weighted by atomic mass is 35.5. The van der Waals surface area contributed by atoms with Crippen LogP contribution in [0.1, 0.15) is 33.3 Å². The van der Waals surface area contributed by atoms with Crippen molar-refractivity contribution in [1.29, 1.82) is 5.26 Å². The molecule has 2 aliphatic heterocycles. The second-order valence-corrected chi connectivity index (χ2v) is 9.79. The van der Waals surface area contributed by atoms with Crippen molar-refractivity contribution in [3.05, 3.63) is 33.2 Å². The van der Waals surface area contributed by atoms with Crippen molar-refractivity contribution in [2.45, 2.75) is 39.3 Å².